The molecule has 0 unspecified atom stereocenters. The second-order valence-corrected chi connectivity index (χ2v) is 5.26. The molecule has 0 atom stereocenters. The molecule has 20 heavy (non-hydrogen) atoms. The minimum atomic E-state index is -1.15. The minimum absolute atomic E-state index is 0.00991. The third-order valence-corrected chi connectivity index (χ3v) is 4.15. The van der Waals surface area contributed by atoms with Gasteiger partial charge in [0.25, 0.3) is 0 Å². The Hall–Kier alpha value is -2.27. The van der Waals surface area contributed by atoms with Crippen molar-refractivity contribution in [3.63, 3.8) is 0 Å². The summed E-state index contributed by atoms with van der Waals surface area (Å²) in [7, 11) is 0. The fraction of sp³-hybridized carbons (Fsp3) is 0. The first-order valence-electron chi connectivity index (χ1n) is 5.79. The molecule has 2 nitrogen and oxygen atoms in total. The Morgan fingerprint density at radius 3 is 2.40 bits per heavy atom. The van der Waals surface area contributed by atoms with Gasteiger partial charge in [-0.25, -0.2) is 13.6 Å². The van der Waals surface area contributed by atoms with E-state index >= 15 is 0 Å². The molecule has 0 fully saturated rings. The van der Waals surface area contributed by atoms with Crippen LogP contribution in [0.3, 0.4) is 0 Å². The van der Waals surface area contributed by atoms with Gasteiger partial charge in [-0.3, -0.25) is 0 Å². The predicted molar refractivity (Wildman–Crippen MR) is 74.1 cm³/mol. The van der Waals surface area contributed by atoms with E-state index in [-0.39, 0.29) is 15.8 Å². The summed E-state index contributed by atoms with van der Waals surface area (Å²) in [5, 5.41) is 9.31. The summed E-state index contributed by atoms with van der Waals surface area (Å²) in [6.45, 7) is 0. The van der Waals surface area contributed by atoms with Gasteiger partial charge in [-0.1, -0.05) is 30.3 Å². The lowest BCUT2D eigenvalue weighted by Gasteiger charge is -2.03. The molecule has 2 aromatic carbocycles. The normalized spacial score (nSPS) is 10.9. The molecule has 0 spiro atoms. The lowest BCUT2D eigenvalue weighted by molar-refractivity contribution is 0.0703. The van der Waals surface area contributed by atoms with Crippen molar-refractivity contribution in [3.8, 4) is 11.1 Å². The van der Waals surface area contributed by atoms with Crippen LogP contribution in [-0.4, -0.2) is 11.1 Å². The van der Waals surface area contributed by atoms with Crippen LogP contribution in [0.1, 0.15) is 9.67 Å². The van der Waals surface area contributed by atoms with Crippen LogP contribution < -0.4 is 0 Å². The molecule has 0 aliphatic heterocycles. The van der Waals surface area contributed by atoms with Gasteiger partial charge in [-0.05, 0) is 17.7 Å². The first-order chi connectivity index (χ1) is 9.59. The summed E-state index contributed by atoms with van der Waals surface area (Å²) in [4.78, 5) is 11.4. The van der Waals surface area contributed by atoms with Crippen LogP contribution in [-0.2, 0) is 0 Å². The van der Waals surface area contributed by atoms with Crippen molar-refractivity contribution in [2.45, 2.75) is 0 Å². The van der Waals surface area contributed by atoms with E-state index < -0.39 is 17.6 Å². The molecule has 0 saturated heterocycles. The van der Waals surface area contributed by atoms with Crippen LogP contribution in [0.4, 0.5) is 8.78 Å². The van der Waals surface area contributed by atoms with Gasteiger partial charge < -0.3 is 5.11 Å². The molecule has 1 heterocycles. The molecule has 0 aliphatic rings. The maximum atomic E-state index is 14.1. The third kappa shape index (κ3) is 1.87. The number of rotatable bonds is 2. The number of aromatic carboxylic acids is 1. The highest BCUT2D eigenvalue weighted by atomic mass is 32.1. The standard InChI is InChI=1S/C15H8F2O2S/c16-9-6-7-10-12(13(9)17)11(14(20-10)15(18)19)8-4-2-1-3-5-8/h1-7H,(H,18,19). The molecule has 0 aliphatic carbocycles. The van der Waals surface area contributed by atoms with Gasteiger partial charge in [0, 0.05) is 15.6 Å². The molecule has 1 aromatic heterocycles. The van der Waals surface area contributed by atoms with Crippen LogP contribution in [0.5, 0.6) is 0 Å². The van der Waals surface area contributed by atoms with Gasteiger partial charge >= 0.3 is 5.97 Å². The third-order valence-electron chi connectivity index (χ3n) is 3.00. The van der Waals surface area contributed by atoms with Crippen molar-refractivity contribution in [1.82, 2.24) is 0 Å². The smallest absolute Gasteiger partial charge is 0.346 e. The van der Waals surface area contributed by atoms with Gasteiger partial charge in [0.05, 0.1) is 0 Å². The highest BCUT2D eigenvalue weighted by Crippen LogP contribution is 2.40. The minimum Gasteiger partial charge on any atom is -0.477 e. The Labute approximate surface area is 116 Å². The average molecular weight is 290 g/mol. The lowest BCUT2D eigenvalue weighted by atomic mass is 10.0. The molecule has 3 rings (SSSR count). The monoisotopic (exact) mass is 290 g/mol. The fourth-order valence-electron chi connectivity index (χ4n) is 2.16. The van der Waals surface area contributed by atoms with Gasteiger partial charge in [-0.15, -0.1) is 11.3 Å². The zero-order valence-corrected chi connectivity index (χ0v) is 10.9. The quantitative estimate of drug-likeness (QED) is 0.752. The lowest BCUT2D eigenvalue weighted by Crippen LogP contribution is -1.95. The van der Waals surface area contributed by atoms with Crippen molar-refractivity contribution in [2.24, 2.45) is 0 Å². The van der Waals surface area contributed by atoms with E-state index in [2.05, 4.69) is 0 Å². The summed E-state index contributed by atoms with van der Waals surface area (Å²) in [6.07, 6.45) is 0. The average Bonchev–Trinajstić information content (AvgIpc) is 2.84. The number of hydrogen-bond donors (Lipinski definition) is 1. The van der Waals surface area contributed by atoms with Crippen LogP contribution in [0.25, 0.3) is 21.2 Å². The Morgan fingerprint density at radius 2 is 1.75 bits per heavy atom. The molecule has 0 saturated carbocycles. The number of fused-ring (bicyclic) bond motifs is 1. The number of thiophene rings is 1. The van der Waals surface area contributed by atoms with Crippen LogP contribution in [0.2, 0.25) is 0 Å². The van der Waals surface area contributed by atoms with E-state index in [1.165, 1.54) is 6.07 Å². The summed E-state index contributed by atoms with van der Waals surface area (Å²) in [6, 6.07) is 11.0. The maximum absolute atomic E-state index is 14.1. The summed E-state index contributed by atoms with van der Waals surface area (Å²) < 4.78 is 27.9. The van der Waals surface area contributed by atoms with Crippen LogP contribution in [0.15, 0.2) is 42.5 Å². The van der Waals surface area contributed by atoms with Gasteiger partial charge in [0.15, 0.2) is 11.6 Å². The number of carboxylic acids is 1. The van der Waals surface area contributed by atoms with E-state index in [4.69, 9.17) is 0 Å². The Balaban J connectivity index is 2.46. The molecule has 100 valence electrons. The number of halogens is 2. The first kappa shape index (κ1) is 12.7. The molecule has 3 aromatic rings. The van der Waals surface area contributed by atoms with Gasteiger partial charge in [-0.2, -0.15) is 0 Å². The van der Waals surface area contributed by atoms with E-state index in [0.717, 1.165) is 17.4 Å². The van der Waals surface area contributed by atoms with Crippen molar-refractivity contribution < 1.29 is 18.7 Å². The number of benzene rings is 2. The topological polar surface area (TPSA) is 37.3 Å². The van der Waals surface area contributed by atoms with E-state index in [9.17, 15) is 18.7 Å². The summed E-state index contributed by atoms with van der Waals surface area (Å²) in [5.74, 6) is -3.14. The molecule has 0 radical (unpaired) electrons. The highest BCUT2D eigenvalue weighted by Gasteiger charge is 2.23. The Bertz CT molecular complexity index is 810. The maximum Gasteiger partial charge on any atom is 0.346 e. The molecule has 0 amide bonds. The fourth-order valence-corrected chi connectivity index (χ4v) is 3.22. The molecular weight excluding hydrogens is 282 g/mol. The van der Waals surface area contributed by atoms with Crippen molar-refractivity contribution >= 4 is 27.4 Å². The summed E-state index contributed by atoms with van der Waals surface area (Å²) >= 11 is 0.943. The Morgan fingerprint density at radius 1 is 1.05 bits per heavy atom. The number of hydrogen-bond acceptors (Lipinski definition) is 2. The zero-order valence-electron chi connectivity index (χ0n) is 10.1. The molecule has 5 heteroatoms. The van der Waals surface area contributed by atoms with E-state index in [1.54, 1.807) is 30.3 Å². The van der Waals surface area contributed by atoms with Gasteiger partial charge in [0.1, 0.15) is 4.88 Å². The van der Waals surface area contributed by atoms with Gasteiger partial charge in [0.2, 0.25) is 0 Å². The second kappa shape index (κ2) is 4.68. The van der Waals surface area contributed by atoms with E-state index in [1.807, 2.05) is 0 Å². The zero-order chi connectivity index (χ0) is 14.3. The largest absolute Gasteiger partial charge is 0.477 e. The SMILES string of the molecule is O=C(O)c1sc2ccc(F)c(F)c2c1-c1ccccc1. The molecule has 0 bridgehead atoms. The van der Waals surface area contributed by atoms with Crippen molar-refractivity contribution in [3.05, 3.63) is 59.0 Å². The number of carbonyl (C=O) groups is 1. The predicted octanol–water partition coefficient (Wildman–Crippen LogP) is 4.54. The molecular formula is C15H8F2O2S. The van der Waals surface area contributed by atoms with Crippen molar-refractivity contribution in [2.75, 3.05) is 0 Å². The molecule has 1 N–H and O–H groups in total. The number of carboxylic acid groups (broad SMARTS) is 1. The van der Waals surface area contributed by atoms with Crippen LogP contribution in [0, 0.1) is 11.6 Å². The Kier molecular flexibility index (Phi) is 2.99. The highest BCUT2D eigenvalue weighted by molar-refractivity contribution is 7.21. The van der Waals surface area contributed by atoms with Crippen molar-refractivity contribution in [1.29, 1.82) is 0 Å². The van der Waals surface area contributed by atoms with E-state index in [0.29, 0.717) is 10.3 Å². The first-order valence-corrected chi connectivity index (χ1v) is 6.60. The summed E-state index contributed by atoms with van der Waals surface area (Å²) in [5.41, 5.74) is 0.788. The second-order valence-electron chi connectivity index (χ2n) is 4.21. The van der Waals surface area contributed by atoms with Crippen LogP contribution >= 0.6 is 11.3 Å².